The zero-order valence-electron chi connectivity index (χ0n) is 11.8. The molecular formula is C15H24F3NO. The SMILES string of the molecule is FC(F)(F)COC1CCCC(NC(C2CC2)C2CC2)C1. The van der Waals surface area contributed by atoms with E-state index < -0.39 is 12.8 Å². The van der Waals surface area contributed by atoms with Crippen LogP contribution in [-0.2, 0) is 4.74 Å². The van der Waals surface area contributed by atoms with Crippen molar-refractivity contribution in [3.63, 3.8) is 0 Å². The van der Waals surface area contributed by atoms with Gasteiger partial charge in [0.1, 0.15) is 6.61 Å². The van der Waals surface area contributed by atoms with Crippen LogP contribution < -0.4 is 5.32 Å². The summed E-state index contributed by atoms with van der Waals surface area (Å²) in [5.41, 5.74) is 0. The van der Waals surface area contributed by atoms with Gasteiger partial charge in [-0.05, 0) is 63.2 Å². The van der Waals surface area contributed by atoms with Crippen LogP contribution in [0.5, 0.6) is 0 Å². The minimum Gasteiger partial charge on any atom is -0.369 e. The van der Waals surface area contributed by atoms with E-state index in [4.69, 9.17) is 4.74 Å². The van der Waals surface area contributed by atoms with Crippen LogP contribution in [0.1, 0.15) is 51.4 Å². The highest BCUT2D eigenvalue weighted by Gasteiger charge is 2.42. The van der Waals surface area contributed by atoms with Crippen LogP contribution in [0, 0.1) is 11.8 Å². The van der Waals surface area contributed by atoms with E-state index in [0.29, 0.717) is 12.1 Å². The van der Waals surface area contributed by atoms with Gasteiger partial charge in [-0.25, -0.2) is 0 Å². The largest absolute Gasteiger partial charge is 0.411 e. The maximum absolute atomic E-state index is 12.2. The summed E-state index contributed by atoms with van der Waals surface area (Å²) in [6, 6.07) is 0.981. The Balaban J connectivity index is 1.45. The van der Waals surface area contributed by atoms with Gasteiger partial charge >= 0.3 is 6.18 Å². The lowest BCUT2D eigenvalue weighted by atomic mass is 9.91. The van der Waals surface area contributed by atoms with E-state index in [9.17, 15) is 13.2 Å². The van der Waals surface area contributed by atoms with Gasteiger partial charge in [0, 0.05) is 12.1 Å². The molecule has 5 heteroatoms. The molecule has 3 rings (SSSR count). The number of ether oxygens (including phenoxy) is 1. The molecule has 0 spiro atoms. The van der Waals surface area contributed by atoms with E-state index in [0.717, 1.165) is 37.5 Å². The zero-order chi connectivity index (χ0) is 14.2. The summed E-state index contributed by atoms with van der Waals surface area (Å²) in [5, 5.41) is 3.75. The smallest absolute Gasteiger partial charge is 0.369 e. The predicted molar refractivity (Wildman–Crippen MR) is 70.4 cm³/mol. The van der Waals surface area contributed by atoms with E-state index in [1.807, 2.05) is 0 Å². The molecule has 3 aliphatic rings. The van der Waals surface area contributed by atoms with Gasteiger partial charge in [-0.1, -0.05) is 0 Å². The van der Waals surface area contributed by atoms with Crippen molar-refractivity contribution in [1.82, 2.24) is 5.32 Å². The van der Waals surface area contributed by atoms with Crippen molar-refractivity contribution in [3.05, 3.63) is 0 Å². The van der Waals surface area contributed by atoms with E-state index in [1.165, 1.54) is 25.7 Å². The highest BCUT2D eigenvalue weighted by molar-refractivity contribution is 4.98. The molecule has 2 atom stereocenters. The van der Waals surface area contributed by atoms with Crippen LogP contribution in [0.15, 0.2) is 0 Å². The van der Waals surface area contributed by atoms with Gasteiger partial charge in [0.25, 0.3) is 0 Å². The second-order valence-electron chi connectivity index (χ2n) is 6.78. The molecule has 116 valence electrons. The Morgan fingerprint density at radius 1 is 1.00 bits per heavy atom. The van der Waals surface area contributed by atoms with Crippen molar-refractivity contribution in [1.29, 1.82) is 0 Å². The minimum absolute atomic E-state index is 0.220. The zero-order valence-corrected chi connectivity index (χ0v) is 11.8. The Hall–Kier alpha value is -0.290. The average Bonchev–Trinajstić information content (AvgIpc) is 3.27. The Bertz CT molecular complexity index is 314. The third-order valence-electron chi connectivity index (χ3n) is 4.80. The van der Waals surface area contributed by atoms with Crippen molar-refractivity contribution in [2.45, 2.75) is 75.7 Å². The molecule has 0 saturated heterocycles. The Kier molecular flexibility index (Phi) is 4.27. The van der Waals surface area contributed by atoms with Crippen molar-refractivity contribution in [2.24, 2.45) is 11.8 Å². The topological polar surface area (TPSA) is 21.3 Å². The number of hydrogen-bond donors (Lipinski definition) is 1. The Morgan fingerprint density at radius 3 is 2.20 bits per heavy atom. The van der Waals surface area contributed by atoms with Crippen LogP contribution in [0.25, 0.3) is 0 Å². The van der Waals surface area contributed by atoms with Crippen LogP contribution >= 0.6 is 0 Å². The van der Waals surface area contributed by atoms with Gasteiger partial charge < -0.3 is 10.1 Å². The van der Waals surface area contributed by atoms with E-state index >= 15 is 0 Å². The molecule has 0 aromatic rings. The summed E-state index contributed by atoms with van der Waals surface area (Å²) < 4.78 is 41.7. The fourth-order valence-electron chi connectivity index (χ4n) is 3.50. The second kappa shape index (κ2) is 5.84. The number of alkyl halides is 3. The van der Waals surface area contributed by atoms with E-state index in [2.05, 4.69) is 5.32 Å². The highest BCUT2D eigenvalue weighted by atomic mass is 19.4. The summed E-state index contributed by atoms with van der Waals surface area (Å²) in [6.07, 6.45) is 4.46. The summed E-state index contributed by atoms with van der Waals surface area (Å²) in [4.78, 5) is 0. The van der Waals surface area contributed by atoms with Crippen molar-refractivity contribution >= 4 is 0 Å². The van der Waals surface area contributed by atoms with Crippen LogP contribution in [0.3, 0.4) is 0 Å². The van der Waals surface area contributed by atoms with Gasteiger partial charge in [-0.3, -0.25) is 0 Å². The maximum atomic E-state index is 12.2. The van der Waals surface area contributed by atoms with E-state index in [1.54, 1.807) is 0 Å². The molecule has 0 aromatic heterocycles. The fourth-order valence-corrected chi connectivity index (χ4v) is 3.50. The monoisotopic (exact) mass is 291 g/mol. The van der Waals surface area contributed by atoms with Gasteiger partial charge in [0.2, 0.25) is 0 Å². The average molecular weight is 291 g/mol. The summed E-state index contributed by atoms with van der Waals surface area (Å²) in [6.45, 7) is -1.10. The second-order valence-corrected chi connectivity index (χ2v) is 6.78. The number of rotatable bonds is 6. The van der Waals surface area contributed by atoms with Crippen molar-refractivity contribution in [2.75, 3.05) is 6.61 Å². The third kappa shape index (κ3) is 4.35. The molecule has 20 heavy (non-hydrogen) atoms. The van der Waals surface area contributed by atoms with Gasteiger partial charge in [0.15, 0.2) is 0 Å². The fraction of sp³-hybridized carbons (Fsp3) is 1.00. The third-order valence-corrected chi connectivity index (χ3v) is 4.80. The molecule has 3 aliphatic carbocycles. The first-order chi connectivity index (χ1) is 9.51. The molecule has 1 N–H and O–H groups in total. The molecule has 3 fully saturated rings. The molecule has 0 bridgehead atoms. The summed E-state index contributed by atoms with van der Waals surface area (Å²) in [5.74, 6) is 1.66. The van der Waals surface area contributed by atoms with Gasteiger partial charge in [-0.2, -0.15) is 13.2 Å². The lowest BCUT2D eigenvalue weighted by Crippen LogP contribution is -2.45. The van der Waals surface area contributed by atoms with Crippen molar-refractivity contribution in [3.8, 4) is 0 Å². The molecule has 2 nitrogen and oxygen atoms in total. The molecule has 0 heterocycles. The summed E-state index contributed by atoms with van der Waals surface area (Å²) in [7, 11) is 0. The van der Waals surface area contributed by atoms with Crippen molar-refractivity contribution < 1.29 is 17.9 Å². The molecular weight excluding hydrogens is 267 g/mol. The molecule has 0 radical (unpaired) electrons. The van der Waals surface area contributed by atoms with Gasteiger partial charge in [-0.15, -0.1) is 0 Å². The summed E-state index contributed by atoms with van der Waals surface area (Å²) >= 11 is 0. The first kappa shape index (κ1) is 14.6. The van der Waals surface area contributed by atoms with E-state index in [-0.39, 0.29) is 6.10 Å². The Labute approximate surface area is 118 Å². The molecule has 0 amide bonds. The van der Waals surface area contributed by atoms with Gasteiger partial charge in [0.05, 0.1) is 6.10 Å². The van der Waals surface area contributed by atoms with Crippen LogP contribution in [0.2, 0.25) is 0 Å². The highest BCUT2D eigenvalue weighted by Crippen LogP contribution is 2.45. The van der Waals surface area contributed by atoms with Crippen LogP contribution in [-0.4, -0.2) is 31.0 Å². The lowest BCUT2D eigenvalue weighted by Gasteiger charge is -2.33. The minimum atomic E-state index is -4.20. The first-order valence-electron chi connectivity index (χ1n) is 7.95. The lowest BCUT2D eigenvalue weighted by molar-refractivity contribution is -0.188. The Morgan fingerprint density at radius 2 is 1.65 bits per heavy atom. The number of halogens is 3. The predicted octanol–water partition coefficient (Wildman–Crippen LogP) is 3.65. The molecule has 0 aromatic carbocycles. The quantitative estimate of drug-likeness (QED) is 0.806. The number of hydrogen-bond acceptors (Lipinski definition) is 2. The molecule has 2 unspecified atom stereocenters. The maximum Gasteiger partial charge on any atom is 0.411 e. The number of nitrogens with one attached hydrogen (secondary N) is 1. The normalized spacial score (nSPS) is 31.8. The standard InChI is InChI=1S/C15H24F3NO/c16-15(17,18)9-20-13-3-1-2-12(8-13)19-14(10-4-5-10)11-6-7-11/h10-14,19H,1-9H2. The first-order valence-corrected chi connectivity index (χ1v) is 7.95. The van der Waals surface area contributed by atoms with Crippen LogP contribution in [0.4, 0.5) is 13.2 Å². The molecule has 0 aliphatic heterocycles. The molecule has 3 saturated carbocycles.